The van der Waals surface area contributed by atoms with Crippen molar-refractivity contribution in [3.05, 3.63) is 40.5 Å². The molecule has 0 radical (unpaired) electrons. The Morgan fingerprint density at radius 3 is 2.82 bits per heavy atom. The molecule has 22 heavy (non-hydrogen) atoms. The van der Waals surface area contributed by atoms with Gasteiger partial charge in [0.15, 0.2) is 0 Å². The number of carbonyl (C=O) groups is 1. The van der Waals surface area contributed by atoms with Gasteiger partial charge in [0.1, 0.15) is 17.3 Å². The molecule has 0 saturated carbocycles. The Labute approximate surface area is 129 Å². The highest BCUT2D eigenvalue weighted by molar-refractivity contribution is 5.83. The molecule has 0 aliphatic carbocycles. The summed E-state index contributed by atoms with van der Waals surface area (Å²) in [6, 6.07) is 3.75. The molecular weight excluding hydrogens is 280 g/mol. The zero-order valence-corrected chi connectivity index (χ0v) is 13.1. The number of anilines is 1. The first-order chi connectivity index (χ1) is 10.5. The third-order valence-corrected chi connectivity index (χ3v) is 4.19. The molecule has 0 aromatic carbocycles. The van der Waals surface area contributed by atoms with E-state index in [1.165, 1.54) is 0 Å². The van der Waals surface area contributed by atoms with E-state index >= 15 is 0 Å². The van der Waals surface area contributed by atoms with Crippen LogP contribution < -0.4 is 5.73 Å². The van der Waals surface area contributed by atoms with Crippen LogP contribution in [0.3, 0.4) is 0 Å². The van der Waals surface area contributed by atoms with E-state index in [0.29, 0.717) is 25.3 Å². The minimum atomic E-state index is -0.217. The molecule has 2 aromatic rings. The first kappa shape index (κ1) is 14.6. The second kappa shape index (κ2) is 5.44. The number of carbonyl (C=O) groups excluding carboxylic acids is 1. The van der Waals surface area contributed by atoms with Crippen LogP contribution in [0, 0.1) is 13.8 Å². The second-order valence-electron chi connectivity index (χ2n) is 5.84. The SMILES string of the molecule is Cc1cc([C@H](C)C(=O)N2CCc3nnc(N)cc3C2)c(C)o1. The van der Waals surface area contributed by atoms with Crippen LogP contribution in [0.25, 0.3) is 0 Å². The van der Waals surface area contributed by atoms with Crippen LogP contribution in [0.15, 0.2) is 16.5 Å². The summed E-state index contributed by atoms with van der Waals surface area (Å²) >= 11 is 0. The summed E-state index contributed by atoms with van der Waals surface area (Å²) in [5, 5.41) is 7.98. The van der Waals surface area contributed by atoms with Crippen molar-refractivity contribution in [2.45, 2.75) is 39.7 Å². The summed E-state index contributed by atoms with van der Waals surface area (Å²) in [5.41, 5.74) is 8.56. The lowest BCUT2D eigenvalue weighted by Gasteiger charge is -2.30. The van der Waals surface area contributed by atoms with Crippen molar-refractivity contribution >= 4 is 11.7 Å². The quantitative estimate of drug-likeness (QED) is 0.916. The minimum Gasteiger partial charge on any atom is -0.466 e. The molecule has 1 atom stereocenters. The van der Waals surface area contributed by atoms with Gasteiger partial charge in [-0.2, -0.15) is 5.10 Å². The fourth-order valence-corrected chi connectivity index (χ4v) is 3.02. The van der Waals surface area contributed by atoms with E-state index in [9.17, 15) is 4.79 Å². The number of fused-ring (bicyclic) bond motifs is 1. The Balaban J connectivity index is 1.80. The smallest absolute Gasteiger partial charge is 0.230 e. The van der Waals surface area contributed by atoms with E-state index in [0.717, 1.165) is 28.3 Å². The van der Waals surface area contributed by atoms with Crippen LogP contribution in [-0.4, -0.2) is 27.5 Å². The number of aromatic nitrogens is 2. The number of hydrogen-bond acceptors (Lipinski definition) is 5. The van der Waals surface area contributed by atoms with E-state index < -0.39 is 0 Å². The van der Waals surface area contributed by atoms with Gasteiger partial charge in [-0.25, -0.2) is 0 Å². The van der Waals surface area contributed by atoms with Crippen molar-refractivity contribution in [3.8, 4) is 0 Å². The van der Waals surface area contributed by atoms with E-state index in [1.807, 2.05) is 31.7 Å². The number of amides is 1. The number of nitrogens with zero attached hydrogens (tertiary/aromatic N) is 3. The summed E-state index contributed by atoms with van der Waals surface area (Å²) in [4.78, 5) is 14.6. The Kier molecular flexibility index (Phi) is 3.60. The van der Waals surface area contributed by atoms with Crippen molar-refractivity contribution in [1.29, 1.82) is 0 Å². The predicted molar refractivity (Wildman–Crippen MR) is 82.2 cm³/mol. The van der Waals surface area contributed by atoms with Crippen LogP contribution in [-0.2, 0) is 17.8 Å². The van der Waals surface area contributed by atoms with Gasteiger partial charge in [-0.05, 0) is 38.5 Å². The molecule has 1 aliphatic heterocycles. The number of rotatable bonds is 2. The first-order valence-electron chi connectivity index (χ1n) is 7.42. The fourth-order valence-electron chi connectivity index (χ4n) is 3.02. The highest BCUT2D eigenvalue weighted by Crippen LogP contribution is 2.27. The molecule has 1 aliphatic rings. The molecule has 3 rings (SSSR count). The molecule has 0 spiro atoms. The van der Waals surface area contributed by atoms with E-state index in [4.69, 9.17) is 10.2 Å². The number of hydrogen-bond donors (Lipinski definition) is 1. The fraction of sp³-hybridized carbons (Fsp3) is 0.438. The summed E-state index contributed by atoms with van der Waals surface area (Å²) in [5.74, 6) is 1.92. The Morgan fingerprint density at radius 2 is 2.14 bits per heavy atom. The number of aryl methyl sites for hydroxylation is 2. The maximum Gasteiger partial charge on any atom is 0.230 e. The lowest BCUT2D eigenvalue weighted by molar-refractivity contribution is -0.133. The van der Waals surface area contributed by atoms with Gasteiger partial charge in [-0.15, -0.1) is 5.10 Å². The molecule has 0 unspecified atom stereocenters. The van der Waals surface area contributed by atoms with Gasteiger partial charge in [0.25, 0.3) is 0 Å². The Bertz CT molecular complexity index is 723. The number of nitrogen functional groups attached to an aromatic ring is 1. The van der Waals surface area contributed by atoms with Crippen LogP contribution in [0.2, 0.25) is 0 Å². The normalized spacial score (nSPS) is 15.5. The molecule has 1 amide bonds. The van der Waals surface area contributed by atoms with Gasteiger partial charge in [-0.3, -0.25) is 4.79 Å². The van der Waals surface area contributed by atoms with Gasteiger partial charge >= 0.3 is 0 Å². The molecule has 3 heterocycles. The topological polar surface area (TPSA) is 85.2 Å². The lowest BCUT2D eigenvalue weighted by Crippen LogP contribution is -2.38. The molecule has 2 aromatic heterocycles. The summed E-state index contributed by atoms with van der Waals surface area (Å²) < 4.78 is 5.54. The molecule has 6 nitrogen and oxygen atoms in total. The molecule has 2 N–H and O–H groups in total. The third-order valence-electron chi connectivity index (χ3n) is 4.19. The summed E-state index contributed by atoms with van der Waals surface area (Å²) in [7, 11) is 0. The average Bonchev–Trinajstić information content (AvgIpc) is 2.83. The molecule has 6 heteroatoms. The number of furan rings is 1. The average molecular weight is 300 g/mol. The van der Waals surface area contributed by atoms with Crippen molar-refractivity contribution in [2.24, 2.45) is 0 Å². The molecule has 116 valence electrons. The van der Waals surface area contributed by atoms with Crippen molar-refractivity contribution < 1.29 is 9.21 Å². The largest absolute Gasteiger partial charge is 0.466 e. The van der Waals surface area contributed by atoms with Crippen LogP contribution in [0.5, 0.6) is 0 Å². The maximum atomic E-state index is 12.8. The van der Waals surface area contributed by atoms with Gasteiger partial charge in [0, 0.05) is 25.1 Å². The standard InChI is InChI=1S/C16H20N4O2/c1-9-6-13(11(3)22-9)10(2)16(21)20-5-4-14-12(8-20)7-15(17)19-18-14/h6-7,10H,4-5,8H2,1-3H3,(H2,17,19)/t10-/m0/s1. The summed E-state index contributed by atoms with van der Waals surface area (Å²) in [6.07, 6.45) is 0.713. The Morgan fingerprint density at radius 1 is 1.36 bits per heavy atom. The van der Waals surface area contributed by atoms with Gasteiger partial charge < -0.3 is 15.1 Å². The number of nitrogens with two attached hydrogens (primary N) is 1. The van der Waals surface area contributed by atoms with Crippen molar-refractivity contribution in [3.63, 3.8) is 0 Å². The van der Waals surface area contributed by atoms with Gasteiger partial charge in [0.05, 0.1) is 11.6 Å². The van der Waals surface area contributed by atoms with Crippen LogP contribution in [0.1, 0.15) is 41.2 Å². The summed E-state index contributed by atoms with van der Waals surface area (Å²) in [6.45, 7) is 6.91. The first-order valence-corrected chi connectivity index (χ1v) is 7.42. The van der Waals surface area contributed by atoms with Crippen molar-refractivity contribution in [1.82, 2.24) is 15.1 Å². The highest BCUT2D eigenvalue weighted by Gasteiger charge is 2.28. The highest BCUT2D eigenvalue weighted by atomic mass is 16.3. The predicted octanol–water partition coefficient (Wildman–Crippen LogP) is 1.96. The molecule has 0 bridgehead atoms. The lowest BCUT2D eigenvalue weighted by atomic mass is 9.98. The zero-order chi connectivity index (χ0) is 15.9. The zero-order valence-electron chi connectivity index (χ0n) is 13.1. The van der Waals surface area contributed by atoms with Crippen molar-refractivity contribution in [2.75, 3.05) is 12.3 Å². The van der Waals surface area contributed by atoms with E-state index in [2.05, 4.69) is 10.2 Å². The third kappa shape index (κ3) is 2.56. The molecular formula is C16H20N4O2. The monoisotopic (exact) mass is 300 g/mol. The molecule has 0 fully saturated rings. The van der Waals surface area contributed by atoms with Crippen LogP contribution >= 0.6 is 0 Å². The van der Waals surface area contributed by atoms with E-state index in [1.54, 1.807) is 6.07 Å². The maximum absolute atomic E-state index is 12.8. The van der Waals surface area contributed by atoms with Gasteiger partial charge in [-0.1, -0.05) is 0 Å². The van der Waals surface area contributed by atoms with E-state index in [-0.39, 0.29) is 11.8 Å². The minimum absolute atomic E-state index is 0.102. The molecule has 0 saturated heterocycles. The van der Waals surface area contributed by atoms with Gasteiger partial charge in [0.2, 0.25) is 5.91 Å². The van der Waals surface area contributed by atoms with Crippen LogP contribution in [0.4, 0.5) is 5.82 Å². The second-order valence-corrected chi connectivity index (χ2v) is 5.84. The Hall–Kier alpha value is -2.37.